The highest BCUT2D eigenvalue weighted by molar-refractivity contribution is 4.81. The van der Waals surface area contributed by atoms with Crippen molar-refractivity contribution in [1.82, 2.24) is 0 Å². The largest absolute Gasteiger partial charge is 0.393 e. The fourth-order valence-electron chi connectivity index (χ4n) is 5.52. The van der Waals surface area contributed by atoms with Gasteiger partial charge in [0, 0.05) is 0 Å². The molecule has 0 aliphatic rings. The van der Waals surface area contributed by atoms with Crippen molar-refractivity contribution < 1.29 is 5.11 Å². The zero-order chi connectivity index (χ0) is 26.9. The van der Waals surface area contributed by atoms with Gasteiger partial charge in [0.05, 0.1) is 6.10 Å². The van der Waals surface area contributed by atoms with Crippen LogP contribution in [0.5, 0.6) is 0 Å². The van der Waals surface area contributed by atoms with Crippen molar-refractivity contribution >= 4 is 0 Å². The van der Waals surface area contributed by atoms with E-state index >= 15 is 0 Å². The molecule has 222 valence electrons. The first-order valence-corrected chi connectivity index (χ1v) is 17.6. The van der Waals surface area contributed by atoms with Crippen LogP contribution in [-0.4, -0.2) is 11.2 Å². The Labute approximate surface area is 236 Å². The third kappa shape index (κ3) is 33.7. The van der Waals surface area contributed by atoms with E-state index in [0.717, 1.165) is 12.8 Å². The molecule has 0 spiro atoms. The summed E-state index contributed by atoms with van der Waals surface area (Å²) in [5.41, 5.74) is 0. The van der Waals surface area contributed by atoms with Crippen molar-refractivity contribution in [1.29, 1.82) is 0 Å². The fourth-order valence-corrected chi connectivity index (χ4v) is 5.52. The standard InChI is InChI=1S/C36H72O/c1-3-5-7-9-11-13-15-17-19-21-23-25-27-29-31-33-35-36(37)34-32-30-28-26-24-22-20-18-16-14-12-10-8-6-4-2/h17,19,36-37H,3-16,18,20-35H2,1-2H3/b19-17-. The maximum atomic E-state index is 10.3. The Kier molecular flexibility index (Phi) is 33.5. The molecule has 0 aromatic heterocycles. The van der Waals surface area contributed by atoms with Crippen LogP contribution in [-0.2, 0) is 0 Å². The van der Waals surface area contributed by atoms with Gasteiger partial charge in [-0.25, -0.2) is 0 Å². The van der Waals surface area contributed by atoms with Crippen LogP contribution < -0.4 is 0 Å². The number of unbranched alkanes of at least 4 members (excludes halogenated alkanes) is 26. The van der Waals surface area contributed by atoms with E-state index in [1.54, 1.807) is 0 Å². The highest BCUT2D eigenvalue weighted by Crippen LogP contribution is 2.16. The lowest BCUT2D eigenvalue weighted by Gasteiger charge is -2.10. The quantitative estimate of drug-likeness (QED) is 0.0690. The van der Waals surface area contributed by atoms with Crippen molar-refractivity contribution in [2.45, 2.75) is 219 Å². The van der Waals surface area contributed by atoms with Gasteiger partial charge in [-0.2, -0.15) is 0 Å². The first kappa shape index (κ1) is 36.7. The minimum absolute atomic E-state index is 0.0428. The fraction of sp³-hybridized carbons (Fsp3) is 0.944. The van der Waals surface area contributed by atoms with Gasteiger partial charge in [0.2, 0.25) is 0 Å². The van der Waals surface area contributed by atoms with Crippen molar-refractivity contribution in [3.05, 3.63) is 12.2 Å². The third-order valence-electron chi connectivity index (χ3n) is 8.19. The molecular weight excluding hydrogens is 448 g/mol. The molecule has 1 N–H and O–H groups in total. The average molecular weight is 521 g/mol. The van der Waals surface area contributed by atoms with E-state index in [-0.39, 0.29) is 6.10 Å². The number of aliphatic hydroxyl groups excluding tert-OH is 1. The average Bonchev–Trinajstić information content (AvgIpc) is 2.90. The summed E-state index contributed by atoms with van der Waals surface area (Å²) in [5, 5.41) is 10.3. The molecule has 0 amide bonds. The van der Waals surface area contributed by atoms with E-state index in [4.69, 9.17) is 0 Å². The normalized spacial score (nSPS) is 12.6. The van der Waals surface area contributed by atoms with Crippen LogP contribution in [0.2, 0.25) is 0 Å². The van der Waals surface area contributed by atoms with Crippen LogP contribution in [0.3, 0.4) is 0 Å². The van der Waals surface area contributed by atoms with Crippen molar-refractivity contribution in [2.75, 3.05) is 0 Å². The SMILES string of the molecule is CCCCCCCC/C=C\CCCCCCCCC(O)CCCCCCCCCCCCCCCCC. The molecule has 0 aromatic rings. The van der Waals surface area contributed by atoms with Crippen LogP contribution in [0.25, 0.3) is 0 Å². The molecule has 0 aliphatic heterocycles. The van der Waals surface area contributed by atoms with E-state index in [1.165, 1.54) is 186 Å². The Morgan fingerprint density at radius 1 is 0.351 bits per heavy atom. The van der Waals surface area contributed by atoms with E-state index < -0.39 is 0 Å². The minimum atomic E-state index is -0.0428. The third-order valence-corrected chi connectivity index (χ3v) is 8.19. The van der Waals surface area contributed by atoms with Crippen molar-refractivity contribution in [2.24, 2.45) is 0 Å². The topological polar surface area (TPSA) is 20.2 Å². The predicted molar refractivity (Wildman–Crippen MR) is 170 cm³/mol. The summed E-state index contributed by atoms with van der Waals surface area (Å²) in [7, 11) is 0. The Balaban J connectivity index is 3.18. The molecule has 0 heterocycles. The van der Waals surface area contributed by atoms with Crippen LogP contribution in [0.1, 0.15) is 213 Å². The maximum Gasteiger partial charge on any atom is 0.0540 e. The number of allylic oxidation sites excluding steroid dienone is 2. The molecule has 0 aromatic carbocycles. The van der Waals surface area contributed by atoms with Crippen LogP contribution in [0.15, 0.2) is 12.2 Å². The molecule has 37 heavy (non-hydrogen) atoms. The van der Waals surface area contributed by atoms with Crippen molar-refractivity contribution in [3.63, 3.8) is 0 Å². The maximum absolute atomic E-state index is 10.3. The van der Waals surface area contributed by atoms with E-state index in [1.807, 2.05) is 0 Å². The zero-order valence-corrected chi connectivity index (χ0v) is 26.1. The van der Waals surface area contributed by atoms with Gasteiger partial charge in [0.25, 0.3) is 0 Å². The van der Waals surface area contributed by atoms with Crippen LogP contribution in [0, 0.1) is 0 Å². The molecule has 1 atom stereocenters. The lowest BCUT2D eigenvalue weighted by atomic mass is 10.0. The van der Waals surface area contributed by atoms with Gasteiger partial charge in [-0.15, -0.1) is 0 Å². The molecule has 0 saturated carbocycles. The molecular formula is C36H72O. The molecule has 0 aliphatic carbocycles. The lowest BCUT2D eigenvalue weighted by molar-refractivity contribution is 0.147. The molecule has 1 nitrogen and oxygen atoms in total. The monoisotopic (exact) mass is 521 g/mol. The van der Waals surface area contributed by atoms with E-state index in [0.29, 0.717) is 0 Å². The summed E-state index contributed by atoms with van der Waals surface area (Å²) in [6, 6.07) is 0. The molecule has 1 heteroatoms. The van der Waals surface area contributed by atoms with Gasteiger partial charge in [-0.05, 0) is 38.5 Å². The highest BCUT2D eigenvalue weighted by atomic mass is 16.3. The van der Waals surface area contributed by atoms with Crippen LogP contribution >= 0.6 is 0 Å². The smallest absolute Gasteiger partial charge is 0.0540 e. The summed E-state index contributed by atoms with van der Waals surface area (Å²) in [6.07, 6.45) is 47.0. The predicted octanol–water partition coefficient (Wildman–Crippen LogP) is 13.0. The Bertz CT molecular complexity index is 415. The number of hydrogen-bond donors (Lipinski definition) is 1. The summed E-state index contributed by atoms with van der Waals surface area (Å²) in [5.74, 6) is 0. The molecule has 0 radical (unpaired) electrons. The van der Waals surface area contributed by atoms with Crippen LogP contribution in [0.4, 0.5) is 0 Å². The second kappa shape index (κ2) is 33.7. The first-order chi connectivity index (χ1) is 18.3. The second-order valence-corrected chi connectivity index (χ2v) is 12.1. The minimum Gasteiger partial charge on any atom is -0.393 e. The Hall–Kier alpha value is -0.300. The number of rotatable bonds is 32. The summed E-state index contributed by atoms with van der Waals surface area (Å²) < 4.78 is 0. The Morgan fingerprint density at radius 2 is 0.595 bits per heavy atom. The molecule has 0 fully saturated rings. The number of hydrogen-bond acceptors (Lipinski definition) is 1. The summed E-state index contributed by atoms with van der Waals surface area (Å²) in [6.45, 7) is 4.58. The van der Waals surface area contributed by atoms with Gasteiger partial charge < -0.3 is 5.11 Å². The number of aliphatic hydroxyl groups is 1. The van der Waals surface area contributed by atoms with Crippen molar-refractivity contribution in [3.8, 4) is 0 Å². The highest BCUT2D eigenvalue weighted by Gasteiger charge is 2.04. The van der Waals surface area contributed by atoms with Gasteiger partial charge in [0.1, 0.15) is 0 Å². The first-order valence-electron chi connectivity index (χ1n) is 17.6. The molecule has 1 unspecified atom stereocenters. The molecule has 0 rings (SSSR count). The lowest BCUT2D eigenvalue weighted by Crippen LogP contribution is -2.05. The van der Waals surface area contributed by atoms with Gasteiger partial charge in [-0.3, -0.25) is 0 Å². The molecule has 0 bridgehead atoms. The molecule has 0 saturated heterocycles. The van der Waals surface area contributed by atoms with E-state index in [9.17, 15) is 5.11 Å². The summed E-state index contributed by atoms with van der Waals surface area (Å²) in [4.78, 5) is 0. The second-order valence-electron chi connectivity index (χ2n) is 12.1. The van der Waals surface area contributed by atoms with Gasteiger partial charge in [0.15, 0.2) is 0 Å². The van der Waals surface area contributed by atoms with Gasteiger partial charge in [-0.1, -0.05) is 187 Å². The summed E-state index contributed by atoms with van der Waals surface area (Å²) >= 11 is 0. The van der Waals surface area contributed by atoms with E-state index in [2.05, 4.69) is 26.0 Å². The zero-order valence-electron chi connectivity index (χ0n) is 26.1. The van der Waals surface area contributed by atoms with Gasteiger partial charge >= 0.3 is 0 Å². The Morgan fingerprint density at radius 3 is 0.892 bits per heavy atom.